The molecule has 2 aromatic rings. The number of aliphatic hydroxyl groups excluding tert-OH is 1. The zero-order valence-corrected chi connectivity index (χ0v) is 15.4. The van der Waals surface area contributed by atoms with Crippen LogP contribution in [0.2, 0.25) is 0 Å². The average molecular weight is 349 g/mol. The van der Waals surface area contributed by atoms with Crippen molar-refractivity contribution in [2.75, 3.05) is 32.8 Å². The van der Waals surface area contributed by atoms with Crippen molar-refractivity contribution >= 4 is 0 Å². The van der Waals surface area contributed by atoms with Gasteiger partial charge in [0.25, 0.3) is 0 Å². The van der Waals surface area contributed by atoms with E-state index in [1.165, 1.54) is 0 Å². The molecule has 1 aromatic carbocycles. The lowest BCUT2D eigenvalue weighted by molar-refractivity contribution is 0.0596. The molecule has 1 aromatic heterocycles. The Kier molecular flexibility index (Phi) is 6.79. The van der Waals surface area contributed by atoms with E-state index < -0.39 is 0 Å². The summed E-state index contributed by atoms with van der Waals surface area (Å²) in [5, 5.41) is 9.47. The molecule has 1 fully saturated rings. The molecule has 0 bridgehead atoms. The number of rotatable bonds is 5. The Morgan fingerprint density at radius 1 is 1.12 bits per heavy atom. The van der Waals surface area contributed by atoms with Crippen LogP contribution in [0.4, 0.5) is 0 Å². The van der Waals surface area contributed by atoms with Crippen molar-refractivity contribution in [3.05, 3.63) is 65.5 Å². The molecule has 4 nitrogen and oxygen atoms in total. The minimum Gasteiger partial charge on any atom is -0.396 e. The van der Waals surface area contributed by atoms with Gasteiger partial charge < -0.3 is 5.11 Å². The molecule has 26 heavy (non-hydrogen) atoms. The maximum absolute atomic E-state index is 9.47. The molecule has 0 aliphatic carbocycles. The highest BCUT2D eigenvalue weighted by Crippen LogP contribution is 2.16. The van der Waals surface area contributed by atoms with E-state index in [0.717, 1.165) is 56.1 Å². The first-order valence-corrected chi connectivity index (χ1v) is 9.28. The van der Waals surface area contributed by atoms with Crippen LogP contribution in [-0.2, 0) is 6.54 Å². The molecule has 1 atom stereocenters. The summed E-state index contributed by atoms with van der Waals surface area (Å²) in [4.78, 5) is 9.45. The first kappa shape index (κ1) is 18.6. The number of aliphatic hydroxyl groups is 1. The van der Waals surface area contributed by atoms with Crippen LogP contribution in [-0.4, -0.2) is 58.7 Å². The lowest BCUT2D eigenvalue weighted by Crippen LogP contribution is -2.53. The van der Waals surface area contributed by atoms with Crippen molar-refractivity contribution in [3.63, 3.8) is 0 Å². The van der Waals surface area contributed by atoms with Crippen LogP contribution in [0, 0.1) is 18.8 Å². The van der Waals surface area contributed by atoms with Crippen LogP contribution in [0.5, 0.6) is 0 Å². The highest BCUT2D eigenvalue weighted by Gasteiger charge is 2.26. The van der Waals surface area contributed by atoms with E-state index in [9.17, 15) is 5.11 Å². The van der Waals surface area contributed by atoms with Crippen molar-refractivity contribution in [2.24, 2.45) is 0 Å². The second-order valence-corrected chi connectivity index (χ2v) is 6.81. The summed E-state index contributed by atoms with van der Waals surface area (Å²) >= 11 is 0. The van der Waals surface area contributed by atoms with Gasteiger partial charge in [0.2, 0.25) is 0 Å². The fourth-order valence-corrected chi connectivity index (χ4v) is 3.40. The molecule has 0 amide bonds. The summed E-state index contributed by atoms with van der Waals surface area (Å²) in [7, 11) is 0. The van der Waals surface area contributed by atoms with Gasteiger partial charge in [-0.2, -0.15) is 0 Å². The van der Waals surface area contributed by atoms with Gasteiger partial charge in [-0.25, -0.2) is 0 Å². The SMILES string of the molecule is Cc1cccc(CN2CCN(CC#Cc3ccccc3)CC2CCO)n1. The summed E-state index contributed by atoms with van der Waals surface area (Å²) in [5.41, 5.74) is 3.21. The van der Waals surface area contributed by atoms with Gasteiger partial charge >= 0.3 is 0 Å². The summed E-state index contributed by atoms with van der Waals surface area (Å²) in [6, 6.07) is 16.6. The Morgan fingerprint density at radius 3 is 2.73 bits per heavy atom. The fraction of sp³-hybridized carbons (Fsp3) is 0.409. The molecule has 0 saturated carbocycles. The maximum Gasteiger partial charge on any atom is 0.0606 e. The van der Waals surface area contributed by atoms with E-state index in [1.54, 1.807) is 0 Å². The largest absolute Gasteiger partial charge is 0.396 e. The first-order chi connectivity index (χ1) is 12.7. The minimum absolute atomic E-state index is 0.214. The molecular formula is C22H27N3O. The fourth-order valence-electron chi connectivity index (χ4n) is 3.40. The molecule has 0 spiro atoms. The van der Waals surface area contributed by atoms with Crippen LogP contribution in [0.25, 0.3) is 0 Å². The summed E-state index contributed by atoms with van der Waals surface area (Å²) < 4.78 is 0. The Morgan fingerprint density at radius 2 is 1.96 bits per heavy atom. The normalized spacial score (nSPS) is 18.3. The van der Waals surface area contributed by atoms with Crippen molar-refractivity contribution in [3.8, 4) is 11.8 Å². The third-order valence-corrected chi connectivity index (χ3v) is 4.77. The lowest BCUT2D eigenvalue weighted by atomic mass is 10.1. The van der Waals surface area contributed by atoms with Crippen molar-refractivity contribution in [1.29, 1.82) is 0 Å². The number of aromatic nitrogens is 1. The van der Waals surface area contributed by atoms with Crippen LogP contribution >= 0.6 is 0 Å². The molecule has 1 unspecified atom stereocenters. The standard InChI is InChI=1S/C22H27N3O/c1-19-7-5-11-21(23-19)17-25-15-14-24(18-22(25)12-16-26)13-6-10-20-8-3-2-4-9-20/h2-5,7-9,11,22,26H,12-18H2,1H3. The Balaban J connectivity index is 1.58. The third kappa shape index (κ3) is 5.40. The predicted octanol–water partition coefficient (Wildman–Crippen LogP) is 2.31. The van der Waals surface area contributed by atoms with Gasteiger partial charge in [0.05, 0.1) is 12.2 Å². The average Bonchev–Trinajstić information content (AvgIpc) is 2.65. The summed E-state index contributed by atoms with van der Waals surface area (Å²) in [5.74, 6) is 6.52. The van der Waals surface area contributed by atoms with E-state index in [2.05, 4.69) is 38.8 Å². The quantitative estimate of drug-likeness (QED) is 0.841. The summed E-state index contributed by atoms with van der Waals surface area (Å²) in [6.45, 7) is 6.77. The number of hydrogen-bond acceptors (Lipinski definition) is 4. The number of pyridine rings is 1. The molecule has 3 rings (SSSR count). The van der Waals surface area contributed by atoms with E-state index in [1.807, 2.05) is 43.3 Å². The van der Waals surface area contributed by atoms with Crippen molar-refractivity contribution in [1.82, 2.24) is 14.8 Å². The number of nitrogens with zero attached hydrogens (tertiary/aromatic N) is 3. The third-order valence-electron chi connectivity index (χ3n) is 4.77. The number of benzene rings is 1. The first-order valence-electron chi connectivity index (χ1n) is 9.28. The molecule has 2 heterocycles. The monoisotopic (exact) mass is 349 g/mol. The maximum atomic E-state index is 9.47. The highest BCUT2D eigenvalue weighted by atomic mass is 16.3. The second-order valence-electron chi connectivity index (χ2n) is 6.81. The predicted molar refractivity (Wildman–Crippen MR) is 105 cm³/mol. The molecule has 1 aliphatic rings. The molecule has 0 radical (unpaired) electrons. The van der Waals surface area contributed by atoms with Crippen LogP contribution < -0.4 is 0 Å². The lowest BCUT2D eigenvalue weighted by Gasteiger charge is -2.40. The van der Waals surface area contributed by atoms with Gasteiger partial charge in [-0.1, -0.05) is 36.1 Å². The zero-order valence-electron chi connectivity index (χ0n) is 15.4. The summed E-state index contributed by atoms with van der Waals surface area (Å²) in [6.07, 6.45) is 0.786. The number of aryl methyl sites for hydroxylation is 1. The van der Waals surface area contributed by atoms with Crippen LogP contribution in [0.15, 0.2) is 48.5 Å². The molecule has 1 saturated heterocycles. The second kappa shape index (κ2) is 9.49. The smallest absolute Gasteiger partial charge is 0.0606 e. The van der Waals surface area contributed by atoms with Gasteiger partial charge in [-0.15, -0.1) is 0 Å². The topological polar surface area (TPSA) is 39.6 Å². The number of hydrogen-bond donors (Lipinski definition) is 1. The molecule has 136 valence electrons. The van der Waals surface area contributed by atoms with E-state index >= 15 is 0 Å². The molecule has 4 heteroatoms. The highest BCUT2D eigenvalue weighted by molar-refractivity contribution is 5.33. The molecule has 1 N–H and O–H groups in total. The van der Waals surface area contributed by atoms with E-state index in [-0.39, 0.29) is 6.61 Å². The Labute approximate surface area is 156 Å². The van der Waals surface area contributed by atoms with Gasteiger partial charge in [0.1, 0.15) is 0 Å². The Bertz CT molecular complexity index is 751. The van der Waals surface area contributed by atoms with Gasteiger partial charge in [-0.05, 0) is 37.6 Å². The van der Waals surface area contributed by atoms with Gasteiger partial charge in [0.15, 0.2) is 0 Å². The van der Waals surface area contributed by atoms with E-state index in [4.69, 9.17) is 0 Å². The molecular weight excluding hydrogens is 322 g/mol. The minimum atomic E-state index is 0.214. The Hall–Kier alpha value is -2.19. The van der Waals surface area contributed by atoms with Crippen LogP contribution in [0.3, 0.4) is 0 Å². The molecule has 1 aliphatic heterocycles. The van der Waals surface area contributed by atoms with Crippen molar-refractivity contribution in [2.45, 2.75) is 25.9 Å². The van der Waals surface area contributed by atoms with E-state index in [0.29, 0.717) is 6.04 Å². The van der Waals surface area contributed by atoms with Gasteiger partial charge in [0, 0.05) is 50.1 Å². The van der Waals surface area contributed by atoms with Crippen LogP contribution in [0.1, 0.15) is 23.4 Å². The van der Waals surface area contributed by atoms with Crippen molar-refractivity contribution < 1.29 is 5.11 Å². The van der Waals surface area contributed by atoms with Gasteiger partial charge in [-0.3, -0.25) is 14.8 Å². The zero-order chi connectivity index (χ0) is 18.2. The number of piperazine rings is 1.